The third kappa shape index (κ3) is 6.23. The number of H-pyrrole nitrogens is 1. The average Bonchev–Trinajstić information content (AvgIpc) is 3.33. The molecule has 9 heteroatoms. The fourth-order valence-electron chi connectivity index (χ4n) is 5.24. The molecule has 0 bridgehead atoms. The van der Waals surface area contributed by atoms with Crippen LogP contribution in [0.2, 0.25) is 10.0 Å². The largest absolute Gasteiger partial charge is 0.491 e. The van der Waals surface area contributed by atoms with Crippen molar-refractivity contribution in [2.75, 3.05) is 32.8 Å². The SMILES string of the molecule is CCN(CC)CC(O)COc1ccc(C2c3[nH]c4ccc(Cl)cc4c3CCN2C(=O)Oc2ccc(Cl)cc2)cc1. The van der Waals surface area contributed by atoms with Crippen molar-refractivity contribution in [1.29, 1.82) is 0 Å². The van der Waals surface area contributed by atoms with E-state index in [1.165, 1.54) is 0 Å². The second-order valence-electron chi connectivity index (χ2n) is 9.89. The van der Waals surface area contributed by atoms with Crippen molar-refractivity contribution in [3.63, 3.8) is 0 Å². The van der Waals surface area contributed by atoms with Gasteiger partial charge in [-0.2, -0.15) is 0 Å². The molecule has 4 aromatic rings. The molecule has 7 nitrogen and oxygen atoms in total. The normalized spacial score (nSPS) is 15.8. The number of benzene rings is 3. The Labute approximate surface area is 244 Å². The summed E-state index contributed by atoms with van der Waals surface area (Å²) >= 11 is 12.3. The van der Waals surface area contributed by atoms with Gasteiger partial charge in [-0.15, -0.1) is 0 Å². The molecule has 1 aliphatic heterocycles. The number of rotatable bonds is 9. The molecule has 2 N–H and O–H groups in total. The molecule has 0 fully saturated rings. The highest BCUT2D eigenvalue weighted by atomic mass is 35.5. The summed E-state index contributed by atoms with van der Waals surface area (Å²) in [7, 11) is 0. The predicted molar refractivity (Wildman–Crippen MR) is 159 cm³/mol. The van der Waals surface area contributed by atoms with Gasteiger partial charge in [-0.3, -0.25) is 4.90 Å². The predicted octanol–water partition coefficient (Wildman–Crippen LogP) is 6.70. The second kappa shape index (κ2) is 12.5. The molecule has 40 heavy (non-hydrogen) atoms. The number of ether oxygens (including phenoxy) is 2. The van der Waals surface area contributed by atoms with Gasteiger partial charge in [0.15, 0.2) is 0 Å². The van der Waals surface area contributed by atoms with Crippen LogP contribution < -0.4 is 9.47 Å². The molecule has 2 unspecified atom stereocenters. The number of carbonyl (C=O) groups is 1. The van der Waals surface area contributed by atoms with Crippen molar-refractivity contribution in [3.8, 4) is 11.5 Å². The third-order valence-corrected chi connectivity index (χ3v) is 7.83. The van der Waals surface area contributed by atoms with Gasteiger partial charge in [-0.1, -0.05) is 49.2 Å². The van der Waals surface area contributed by atoms with Crippen LogP contribution in [0.4, 0.5) is 4.79 Å². The zero-order valence-corrected chi connectivity index (χ0v) is 24.1. The van der Waals surface area contributed by atoms with Crippen molar-refractivity contribution >= 4 is 40.2 Å². The number of amides is 1. The van der Waals surface area contributed by atoms with Gasteiger partial charge in [-0.05, 0) is 85.2 Å². The number of aromatic nitrogens is 1. The molecule has 2 atom stereocenters. The Hall–Kier alpha value is -3.23. The van der Waals surface area contributed by atoms with Crippen LogP contribution in [0.1, 0.15) is 36.7 Å². The second-order valence-corrected chi connectivity index (χ2v) is 10.8. The molecule has 0 saturated carbocycles. The Bertz CT molecular complexity index is 1450. The van der Waals surface area contributed by atoms with E-state index in [2.05, 4.69) is 23.7 Å². The molecule has 3 aromatic carbocycles. The van der Waals surface area contributed by atoms with Gasteiger partial charge in [0, 0.05) is 39.7 Å². The maximum atomic E-state index is 13.5. The van der Waals surface area contributed by atoms with E-state index in [0.29, 0.717) is 41.1 Å². The van der Waals surface area contributed by atoms with Gasteiger partial charge in [-0.25, -0.2) is 4.79 Å². The van der Waals surface area contributed by atoms with E-state index >= 15 is 0 Å². The van der Waals surface area contributed by atoms with E-state index in [-0.39, 0.29) is 6.61 Å². The number of aliphatic hydroxyl groups excluding tert-OH is 1. The Morgan fingerprint density at radius 2 is 1.70 bits per heavy atom. The topological polar surface area (TPSA) is 78.0 Å². The number of aliphatic hydroxyl groups is 1. The van der Waals surface area contributed by atoms with E-state index in [1.54, 1.807) is 29.2 Å². The lowest BCUT2D eigenvalue weighted by atomic mass is 9.92. The molecule has 5 rings (SSSR count). The molecular formula is C31H33Cl2N3O4. The van der Waals surface area contributed by atoms with Crippen LogP contribution in [0.3, 0.4) is 0 Å². The van der Waals surface area contributed by atoms with Gasteiger partial charge in [0.05, 0.1) is 0 Å². The molecule has 210 valence electrons. The van der Waals surface area contributed by atoms with Crippen molar-refractivity contribution in [1.82, 2.24) is 14.8 Å². The standard InChI is InChI=1S/C31H33Cl2N3O4/c1-3-35(4-2)18-23(37)19-39-24-10-5-20(6-11-24)30-29-26(27-17-22(33)9-14-28(27)34-29)15-16-36(30)31(38)40-25-12-7-21(32)8-13-25/h5-14,17,23,30,34,37H,3-4,15-16,18-19H2,1-2H3. The first-order chi connectivity index (χ1) is 19.4. The summed E-state index contributed by atoms with van der Waals surface area (Å²) in [5.41, 5.74) is 3.94. The maximum absolute atomic E-state index is 13.5. The summed E-state index contributed by atoms with van der Waals surface area (Å²) in [6, 6.07) is 19.8. The Balaban J connectivity index is 1.41. The molecule has 0 spiro atoms. The molecule has 0 radical (unpaired) electrons. The van der Waals surface area contributed by atoms with Crippen molar-refractivity contribution < 1.29 is 19.4 Å². The van der Waals surface area contributed by atoms with Gasteiger partial charge >= 0.3 is 6.09 Å². The summed E-state index contributed by atoms with van der Waals surface area (Å²) in [6.07, 6.45) is -0.376. The minimum atomic E-state index is -0.586. The van der Waals surface area contributed by atoms with E-state index in [1.807, 2.05) is 42.5 Å². The van der Waals surface area contributed by atoms with Gasteiger partial charge in [0.2, 0.25) is 0 Å². The minimum Gasteiger partial charge on any atom is -0.491 e. The third-order valence-electron chi connectivity index (χ3n) is 7.34. The first-order valence-electron chi connectivity index (χ1n) is 13.5. The number of hydrogen-bond donors (Lipinski definition) is 2. The number of fused-ring (bicyclic) bond motifs is 3. The molecule has 0 saturated heterocycles. The molecule has 1 aromatic heterocycles. The number of aromatic amines is 1. The smallest absolute Gasteiger partial charge is 0.416 e. The number of halogens is 2. The Morgan fingerprint density at radius 1 is 1.02 bits per heavy atom. The van der Waals surface area contributed by atoms with Crippen LogP contribution in [0.25, 0.3) is 10.9 Å². The number of carbonyl (C=O) groups excluding carboxylic acids is 1. The van der Waals surface area contributed by atoms with Gasteiger partial charge in [0.25, 0.3) is 0 Å². The number of nitrogens with zero attached hydrogens (tertiary/aromatic N) is 2. The molecule has 2 heterocycles. The van der Waals surface area contributed by atoms with E-state index in [9.17, 15) is 9.90 Å². The van der Waals surface area contributed by atoms with Crippen molar-refractivity contribution in [3.05, 3.63) is 93.6 Å². The maximum Gasteiger partial charge on any atom is 0.416 e. The fourth-order valence-corrected chi connectivity index (χ4v) is 5.54. The summed E-state index contributed by atoms with van der Waals surface area (Å²) in [5.74, 6) is 1.08. The average molecular weight is 583 g/mol. The number of nitrogens with one attached hydrogen (secondary N) is 1. The van der Waals surface area contributed by atoms with Crippen molar-refractivity contribution in [2.24, 2.45) is 0 Å². The van der Waals surface area contributed by atoms with E-state index in [0.717, 1.165) is 40.8 Å². The van der Waals surface area contributed by atoms with E-state index in [4.69, 9.17) is 32.7 Å². The van der Waals surface area contributed by atoms with Crippen LogP contribution in [0.15, 0.2) is 66.7 Å². The van der Waals surface area contributed by atoms with Crippen LogP contribution in [0.5, 0.6) is 11.5 Å². The number of hydrogen-bond acceptors (Lipinski definition) is 5. The lowest BCUT2D eigenvalue weighted by Gasteiger charge is -2.35. The fraction of sp³-hybridized carbons (Fsp3) is 0.323. The zero-order chi connectivity index (χ0) is 28.2. The minimum absolute atomic E-state index is 0.200. The monoisotopic (exact) mass is 581 g/mol. The van der Waals surface area contributed by atoms with Gasteiger partial charge < -0.3 is 24.5 Å². The van der Waals surface area contributed by atoms with Crippen LogP contribution in [-0.4, -0.2) is 64.9 Å². The summed E-state index contributed by atoms with van der Waals surface area (Å²) in [5, 5.41) is 12.7. The first kappa shape index (κ1) is 28.3. The van der Waals surface area contributed by atoms with Crippen molar-refractivity contribution in [2.45, 2.75) is 32.4 Å². The van der Waals surface area contributed by atoms with Crippen LogP contribution in [0, 0.1) is 0 Å². The Kier molecular flexibility index (Phi) is 8.86. The summed E-state index contributed by atoms with van der Waals surface area (Å²) < 4.78 is 11.6. The number of likely N-dealkylation sites (N-methyl/N-ethyl adjacent to an activating group) is 1. The first-order valence-corrected chi connectivity index (χ1v) is 14.3. The zero-order valence-electron chi connectivity index (χ0n) is 22.6. The van der Waals surface area contributed by atoms with E-state index < -0.39 is 18.2 Å². The lowest BCUT2D eigenvalue weighted by molar-refractivity contribution is 0.0716. The summed E-state index contributed by atoms with van der Waals surface area (Å²) in [4.78, 5) is 20.9. The highest BCUT2D eigenvalue weighted by molar-refractivity contribution is 6.31. The summed E-state index contributed by atoms with van der Waals surface area (Å²) in [6.45, 7) is 7.13. The molecule has 1 aliphatic rings. The lowest BCUT2D eigenvalue weighted by Crippen LogP contribution is -2.42. The Morgan fingerprint density at radius 3 is 2.40 bits per heavy atom. The molecular weight excluding hydrogens is 549 g/mol. The van der Waals surface area contributed by atoms with Crippen LogP contribution >= 0.6 is 23.2 Å². The quantitative estimate of drug-likeness (QED) is 0.230. The molecule has 0 aliphatic carbocycles. The van der Waals surface area contributed by atoms with Gasteiger partial charge in [0.1, 0.15) is 30.3 Å². The molecule has 1 amide bonds. The highest BCUT2D eigenvalue weighted by Gasteiger charge is 2.35. The highest BCUT2D eigenvalue weighted by Crippen LogP contribution is 2.40. The van der Waals surface area contributed by atoms with Crippen LogP contribution in [-0.2, 0) is 6.42 Å².